The molecule has 1 aromatic heterocycles. The summed E-state index contributed by atoms with van der Waals surface area (Å²) in [5.74, 6) is 0. The summed E-state index contributed by atoms with van der Waals surface area (Å²) in [4.78, 5) is 0. The maximum atomic E-state index is 6.14. The van der Waals surface area contributed by atoms with Crippen LogP contribution in [-0.2, 0) is 6.42 Å². The average Bonchev–Trinajstić information content (AvgIpc) is 2.78. The second-order valence-electron chi connectivity index (χ2n) is 3.89. The van der Waals surface area contributed by atoms with Crippen molar-refractivity contribution in [2.24, 2.45) is 0 Å². The fourth-order valence-corrected chi connectivity index (χ4v) is 2.71. The molecule has 0 unspecified atom stereocenters. The van der Waals surface area contributed by atoms with Crippen LogP contribution >= 0.6 is 34.5 Å². The van der Waals surface area contributed by atoms with Gasteiger partial charge in [-0.05, 0) is 53.4 Å². The summed E-state index contributed by atoms with van der Waals surface area (Å²) in [7, 11) is 0. The smallest absolute Gasteiger partial charge is 0.0641 e. The van der Waals surface area contributed by atoms with Gasteiger partial charge in [0, 0.05) is 11.6 Å². The minimum Gasteiger partial charge on any atom is -0.383 e. The molecule has 17 heavy (non-hydrogen) atoms. The molecule has 0 atom stereocenters. The van der Waals surface area contributed by atoms with Crippen LogP contribution in [0.2, 0.25) is 10.0 Å². The van der Waals surface area contributed by atoms with Gasteiger partial charge in [-0.2, -0.15) is 11.3 Å². The van der Waals surface area contributed by atoms with E-state index < -0.39 is 0 Å². The van der Waals surface area contributed by atoms with Crippen molar-refractivity contribution in [1.29, 1.82) is 0 Å². The number of halogens is 2. The monoisotopic (exact) mass is 285 g/mol. The molecule has 1 heterocycles. The van der Waals surface area contributed by atoms with Gasteiger partial charge in [0.25, 0.3) is 0 Å². The Hall–Kier alpha value is -0.700. The highest BCUT2D eigenvalue weighted by atomic mass is 35.5. The van der Waals surface area contributed by atoms with E-state index in [4.69, 9.17) is 23.2 Å². The molecule has 0 spiro atoms. The van der Waals surface area contributed by atoms with Crippen molar-refractivity contribution in [3.8, 4) is 0 Å². The van der Waals surface area contributed by atoms with E-state index in [-0.39, 0.29) is 0 Å². The summed E-state index contributed by atoms with van der Waals surface area (Å²) < 4.78 is 0. The van der Waals surface area contributed by atoms with Gasteiger partial charge in [-0.25, -0.2) is 0 Å². The normalized spacial score (nSPS) is 10.5. The van der Waals surface area contributed by atoms with Crippen molar-refractivity contribution < 1.29 is 0 Å². The molecule has 0 amide bonds. The molecular weight excluding hydrogens is 273 g/mol. The molecular formula is C13H13Cl2NS. The maximum absolute atomic E-state index is 6.14. The third-order valence-corrected chi connectivity index (χ3v) is 4.01. The lowest BCUT2D eigenvalue weighted by Crippen LogP contribution is -2.04. The SMILES string of the molecule is Cc1cc(Cl)c(NCCc2ccsc2)cc1Cl. The Morgan fingerprint density at radius 1 is 1.24 bits per heavy atom. The van der Waals surface area contributed by atoms with E-state index in [1.54, 1.807) is 11.3 Å². The summed E-state index contributed by atoms with van der Waals surface area (Å²) in [6.45, 7) is 2.80. The molecule has 1 N–H and O–H groups in total. The molecule has 0 aliphatic rings. The highest BCUT2D eigenvalue weighted by molar-refractivity contribution is 7.07. The van der Waals surface area contributed by atoms with E-state index in [9.17, 15) is 0 Å². The first kappa shape index (κ1) is 12.7. The summed E-state index contributed by atoms with van der Waals surface area (Å²) in [5, 5.41) is 9.02. The quantitative estimate of drug-likeness (QED) is 0.832. The molecule has 2 aromatic rings. The van der Waals surface area contributed by atoms with E-state index in [0.717, 1.165) is 34.3 Å². The van der Waals surface area contributed by atoms with E-state index >= 15 is 0 Å². The molecule has 0 saturated carbocycles. The topological polar surface area (TPSA) is 12.0 Å². The molecule has 1 nitrogen and oxygen atoms in total. The van der Waals surface area contributed by atoms with Crippen molar-refractivity contribution in [3.05, 3.63) is 50.1 Å². The third-order valence-electron chi connectivity index (χ3n) is 2.56. The summed E-state index contributed by atoms with van der Waals surface area (Å²) in [6, 6.07) is 5.90. The van der Waals surface area contributed by atoms with Gasteiger partial charge in [0.15, 0.2) is 0 Å². The molecule has 0 bridgehead atoms. The summed E-state index contributed by atoms with van der Waals surface area (Å²) in [5.41, 5.74) is 3.24. The standard InChI is InChI=1S/C13H13Cl2NS/c1-9-6-12(15)13(7-11(9)14)16-4-2-10-3-5-17-8-10/h3,5-8,16H,2,4H2,1H3. The second kappa shape index (κ2) is 5.76. The number of nitrogens with one attached hydrogen (secondary N) is 1. The maximum Gasteiger partial charge on any atom is 0.0641 e. The van der Waals surface area contributed by atoms with Gasteiger partial charge in [0.05, 0.1) is 10.7 Å². The molecule has 4 heteroatoms. The minimum absolute atomic E-state index is 0.720. The number of rotatable bonds is 4. The number of hydrogen-bond acceptors (Lipinski definition) is 2. The zero-order valence-corrected chi connectivity index (χ0v) is 11.8. The molecule has 90 valence electrons. The predicted octanol–water partition coefficient (Wildman–Crippen LogP) is 5.02. The van der Waals surface area contributed by atoms with Crippen LogP contribution in [0.5, 0.6) is 0 Å². The van der Waals surface area contributed by atoms with Crippen molar-refractivity contribution in [3.63, 3.8) is 0 Å². The first-order valence-electron chi connectivity index (χ1n) is 5.37. The second-order valence-corrected chi connectivity index (χ2v) is 5.48. The summed E-state index contributed by atoms with van der Waals surface area (Å²) in [6.07, 6.45) is 0.991. The Morgan fingerprint density at radius 3 is 2.76 bits per heavy atom. The van der Waals surface area contributed by atoms with Crippen molar-refractivity contribution >= 4 is 40.2 Å². The van der Waals surface area contributed by atoms with E-state index in [1.165, 1.54) is 5.56 Å². The number of benzene rings is 1. The fourth-order valence-electron chi connectivity index (χ4n) is 1.56. The molecule has 0 aliphatic heterocycles. The Balaban J connectivity index is 1.97. The minimum atomic E-state index is 0.720. The van der Waals surface area contributed by atoms with E-state index in [2.05, 4.69) is 22.1 Å². The van der Waals surface area contributed by atoms with Crippen LogP contribution in [0, 0.1) is 6.92 Å². The Labute approximate surface area is 115 Å². The Kier molecular flexibility index (Phi) is 4.32. The van der Waals surface area contributed by atoms with Crippen LogP contribution < -0.4 is 5.32 Å². The largest absolute Gasteiger partial charge is 0.383 e. The number of aryl methyl sites for hydroxylation is 1. The first-order chi connectivity index (χ1) is 8.16. The van der Waals surface area contributed by atoms with Crippen LogP contribution in [0.4, 0.5) is 5.69 Å². The fraction of sp³-hybridized carbons (Fsp3) is 0.231. The lowest BCUT2D eigenvalue weighted by atomic mass is 10.2. The van der Waals surface area contributed by atoms with Gasteiger partial charge in [-0.3, -0.25) is 0 Å². The Morgan fingerprint density at radius 2 is 2.06 bits per heavy atom. The Bertz CT molecular complexity index is 494. The highest BCUT2D eigenvalue weighted by Crippen LogP contribution is 2.28. The predicted molar refractivity (Wildman–Crippen MR) is 77.7 cm³/mol. The molecule has 1 aromatic carbocycles. The van der Waals surface area contributed by atoms with Gasteiger partial charge in [-0.15, -0.1) is 0 Å². The van der Waals surface area contributed by atoms with Crippen LogP contribution in [0.1, 0.15) is 11.1 Å². The molecule has 2 rings (SSSR count). The summed E-state index contributed by atoms with van der Waals surface area (Å²) >= 11 is 13.9. The molecule has 0 saturated heterocycles. The zero-order chi connectivity index (χ0) is 12.3. The van der Waals surface area contributed by atoms with Gasteiger partial charge in [-0.1, -0.05) is 23.2 Å². The molecule has 0 radical (unpaired) electrons. The van der Waals surface area contributed by atoms with Crippen molar-refractivity contribution in [2.45, 2.75) is 13.3 Å². The zero-order valence-electron chi connectivity index (χ0n) is 9.47. The van der Waals surface area contributed by atoms with E-state index in [0.29, 0.717) is 0 Å². The van der Waals surface area contributed by atoms with Gasteiger partial charge < -0.3 is 5.32 Å². The van der Waals surface area contributed by atoms with Crippen molar-refractivity contribution in [1.82, 2.24) is 0 Å². The lowest BCUT2D eigenvalue weighted by Gasteiger charge is -2.09. The van der Waals surface area contributed by atoms with Gasteiger partial charge in [0.2, 0.25) is 0 Å². The number of anilines is 1. The van der Waals surface area contributed by atoms with Crippen LogP contribution in [-0.4, -0.2) is 6.54 Å². The van der Waals surface area contributed by atoms with E-state index in [1.807, 2.05) is 19.1 Å². The number of hydrogen-bond donors (Lipinski definition) is 1. The van der Waals surface area contributed by atoms with Crippen molar-refractivity contribution in [2.75, 3.05) is 11.9 Å². The van der Waals surface area contributed by atoms with Crippen LogP contribution in [0.25, 0.3) is 0 Å². The highest BCUT2D eigenvalue weighted by Gasteiger charge is 2.04. The first-order valence-corrected chi connectivity index (χ1v) is 7.07. The van der Waals surface area contributed by atoms with Gasteiger partial charge in [0.1, 0.15) is 0 Å². The van der Waals surface area contributed by atoms with Crippen LogP contribution in [0.3, 0.4) is 0 Å². The van der Waals surface area contributed by atoms with Crippen LogP contribution in [0.15, 0.2) is 29.0 Å². The average molecular weight is 286 g/mol. The molecule has 0 fully saturated rings. The third kappa shape index (κ3) is 3.38. The lowest BCUT2D eigenvalue weighted by molar-refractivity contribution is 1.03. The number of thiophene rings is 1. The molecule has 0 aliphatic carbocycles. The van der Waals surface area contributed by atoms with Gasteiger partial charge >= 0.3 is 0 Å².